The molecule has 0 bridgehead atoms. The van der Waals surface area contributed by atoms with Gasteiger partial charge in [0, 0.05) is 12.0 Å². The second-order valence-electron chi connectivity index (χ2n) is 6.82. The molecule has 25 heavy (non-hydrogen) atoms. The van der Waals surface area contributed by atoms with E-state index < -0.39 is 0 Å². The van der Waals surface area contributed by atoms with E-state index in [0.29, 0.717) is 6.61 Å². The van der Waals surface area contributed by atoms with E-state index >= 15 is 0 Å². The van der Waals surface area contributed by atoms with Gasteiger partial charge in [-0.1, -0.05) is 48.5 Å². The maximum Gasteiger partial charge on any atom is 0.127 e. The van der Waals surface area contributed by atoms with E-state index in [-0.39, 0.29) is 24.0 Å². The third kappa shape index (κ3) is 4.45. The summed E-state index contributed by atoms with van der Waals surface area (Å²) in [4.78, 5) is 0. The lowest BCUT2D eigenvalue weighted by Crippen LogP contribution is -2.44. The molecule has 0 radical (unpaired) electrons. The van der Waals surface area contributed by atoms with Crippen LogP contribution < -0.4 is 4.74 Å². The van der Waals surface area contributed by atoms with Gasteiger partial charge in [-0.2, -0.15) is 0 Å². The molecule has 1 heterocycles. The minimum absolute atomic E-state index is 0. The molecule has 2 nitrogen and oxygen atoms in total. The lowest BCUT2D eigenvalue weighted by atomic mass is 9.93. The molecule has 0 aromatic heterocycles. The normalized spacial score (nSPS) is 14.8. The largest absolute Gasteiger partial charge is 0.488 e. The minimum atomic E-state index is 0. The predicted molar refractivity (Wildman–Crippen MR) is 116 cm³/mol. The molecule has 1 aliphatic heterocycles. The summed E-state index contributed by atoms with van der Waals surface area (Å²) >= 11 is 0. The lowest BCUT2D eigenvalue weighted by Gasteiger charge is -2.31. The molecule has 0 aliphatic carbocycles. The highest BCUT2D eigenvalue weighted by Gasteiger charge is 2.19. The number of para-hydroxylation sites is 1. The number of ether oxygens (including phenoxy) is 1. The minimum Gasteiger partial charge on any atom is -0.488 e. The Labute approximate surface area is 169 Å². The monoisotopic (exact) mass is 450 g/mol. The molecule has 2 aromatic carbocycles. The highest BCUT2D eigenvalue weighted by molar-refractivity contribution is 14.0. The molecule has 0 saturated heterocycles. The Morgan fingerprint density at radius 1 is 0.960 bits per heavy atom. The van der Waals surface area contributed by atoms with Crippen molar-refractivity contribution in [3.8, 4) is 5.75 Å². The van der Waals surface area contributed by atoms with Crippen molar-refractivity contribution in [2.24, 2.45) is 0 Å². The van der Waals surface area contributed by atoms with Crippen molar-refractivity contribution in [3.63, 3.8) is 0 Å². The van der Waals surface area contributed by atoms with Gasteiger partial charge in [0.2, 0.25) is 0 Å². The first-order valence-corrected chi connectivity index (χ1v) is 9.01. The first-order valence-electron chi connectivity index (χ1n) is 9.01. The first-order chi connectivity index (χ1) is 11.7. The summed E-state index contributed by atoms with van der Waals surface area (Å²) in [6, 6.07) is 17.0. The summed E-state index contributed by atoms with van der Waals surface area (Å²) in [5.41, 5.74) is 5.11. The molecular weight excluding hydrogens is 421 g/mol. The quantitative estimate of drug-likeness (QED) is 0.432. The van der Waals surface area contributed by atoms with Crippen molar-refractivity contribution in [2.45, 2.75) is 26.9 Å². The summed E-state index contributed by atoms with van der Waals surface area (Å²) < 4.78 is 7.16. The van der Waals surface area contributed by atoms with Crippen LogP contribution in [0.2, 0.25) is 0 Å². The Kier molecular flexibility index (Phi) is 7.08. The summed E-state index contributed by atoms with van der Waals surface area (Å²) in [7, 11) is 2.34. The fourth-order valence-corrected chi connectivity index (χ4v) is 3.30. The van der Waals surface area contributed by atoms with Crippen LogP contribution in [0.5, 0.6) is 5.75 Å². The second-order valence-corrected chi connectivity index (χ2v) is 6.82. The van der Waals surface area contributed by atoms with Crippen molar-refractivity contribution >= 4 is 29.5 Å². The second kappa shape index (κ2) is 8.86. The van der Waals surface area contributed by atoms with Crippen molar-refractivity contribution in [1.82, 2.24) is 0 Å². The van der Waals surface area contributed by atoms with Crippen LogP contribution >= 0.6 is 24.0 Å². The van der Waals surface area contributed by atoms with Crippen LogP contribution in [-0.4, -0.2) is 31.2 Å². The summed E-state index contributed by atoms with van der Waals surface area (Å²) in [6.45, 7) is 8.72. The van der Waals surface area contributed by atoms with E-state index in [9.17, 15) is 0 Å². The maximum absolute atomic E-state index is 6.05. The van der Waals surface area contributed by atoms with E-state index in [1.165, 1.54) is 41.9 Å². The van der Waals surface area contributed by atoms with Gasteiger partial charge >= 0.3 is 0 Å². The third-order valence-corrected chi connectivity index (χ3v) is 5.41. The molecule has 2 aromatic rings. The molecule has 134 valence electrons. The molecular formula is C22H29INO+. The van der Waals surface area contributed by atoms with Gasteiger partial charge in [-0.3, -0.25) is 0 Å². The Morgan fingerprint density at radius 3 is 2.32 bits per heavy atom. The van der Waals surface area contributed by atoms with Crippen LogP contribution in [0.25, 0.3) is 5.57 Å². The molecule has 0 N–H and O–H groups in total. The van der Waals surface area contributed by atoms with Crippen molar-refractivity contribution < 1.29 is 9.22 Å². The van der Waals surface area contributed by atoms with E-state index in [0.717, 1.165) is 16.7 Å². The number of rotatable bonds is 5. The standard InChI is InChI=1S/C22H28NO.HI/c1-4-23(3,5-2)16-10-14-20-19-12-7-6-11-18(19)17-24-22-15-9-8-13-21(20)22;/h6-9,11-15H,4-5,10,16-17H2,1-3H3;1H/q+1;/b20-14-;. The zero-order valence-corrected chi connectivity index (χ0v) is 17.8. The highest BCUT2D eigenvalue weighted by atomic mass is 127. The average molecular weight is 450 g/mol. The Morgan fingerprint density at radius 2 is 1.60 bits per heavy atom. The average Bonchev–Trinajstić information content (AvgIpc) is 2.79. The molecule has 0 unspecified atom stereocenters. The van der Waals surface area contributed by atoms with Crippen LogP contribution in [0.15, 0.2) is 54.6 Å². The van der Waals surface area contributed by atoms with E-state index in [4.69, 9.17) is 4.74 Å². The number of hydrogen-bond acceptors (Lipinski definition) is 1. The summed E-state index contributed by atoms with van der Waals surface area (Å²) in [6.07, 6.45) is 3.49. The number of fused-ring (bicyclic) bond motifs is 2. The van der Waals surface area contributed by atoms with E-state index in [1.54, 1.807) is 0 Å². The van der Waals surface area contributed by atoms with Crippen molar-refractivity contribution in [1.29, 1.82) is 0 Å². The molecule has 0 fully saturated rings. The zero-order valence-electron chi connectivity index (χ0n) is 15.5. The molecule has 0 amide bonds. The maximum atomic E-state index is 6.05. The predicted octanol–water partition coefficient (Wildman–Crippen LogP) is 5.51. The Balaban J connectivity index is 0.00000225. The van der Waals surface area contributed by atoms with Crippen LogP contribution in [0.1, 0.15) is 37.0 Å². The van der Waals surface area contributed by atoms with Gasteiger partial charge in [0.25, 0.3) is 0 Å². The number of nitrogens with zero attached hydrogens (tertiary/aromatic N) is 1. The van der Waals surface area contributed by atoms with Gasteiger partial charge in [-0.15, -0.1) is 24.0 Å². The topological polar surface area (TPSA) is 9.23 Å². The molecule has 0 saturated carbocycles. The lowest BCUT2D eigenvalue weighted by molar-refractivity contribution is -0.905. The smallest absolute Gasteiger partial charge is 0.127 e. The number of halogens is 1. The molecule has 0 atom stereocenters. The van der Waals surface area contributed by atoms with Crippen LogP contribution in [-0.2, 0) is 6.61 Å². The van der Waals surface area contributed by atoms with Crippen LogP contribution in [0, 0.1) is 0 Å². The van der Waals surface area contributed by atoms with Crippen molar-refractivity contribution in [2.75, 3.05) is 26.7 Å². The number of quaternary nitrogens is 1. The van der Waals surface area contributed by atoms with Gasteiger partial charge in [-0.05, 0) is 36.6 Å². The van der Waals surface area contributed by atoms with Crippen molar-refractivity contribution in [3.05, 3.63) is 71.3 Å². The fourth-order valence-electron chi connectivity index (χ4n) is 3.30. The van der Waals surface area contributed by atoms with E-state index in [2.05, 4.69) is 75.5 Å². The summed E-state index contributed by atoms with van der Waals surface area (Å²) in [5, 5.41) is 0. The van der Waals surface area contributed by atoms with Crippen LogP contribution in [0.4, 0.5) is 0 Å². The van der Waals surface area contributed by atoms with Gasteiger partial charge in [0.05, 0.1) is 26.7 Å². The third-order valence-electron chi connectivity index (χ3n) is 5.41. The van der Waals surface area contributed by atoms with E-state index in [1.807, 2.05) is 0 Å². The fraction of sp³-hybridized carbons (Fsp3) is 0.364. The summed E-state index contributed by atoms with van der Waals surface area (Å²) in [5.74, 6) is 0.989. The van der Waals surface area contributed by atoms with Gasteiger partial charge in [0.1, 0.15) is 12.4 Å². The number of hydrogen-bond donors (Lipinski definition) is 0. The molecule has 3 heteroatoms. The SMILES string of the molecule is CC[N+](C)(CC)CC/C=C1/c2ccccc2COc2ccccc21.I. The van der Waals surface area contributed by atoms with Gasteiger partial charge < -0.3 is 9.22 Å². The Bertz CT molecular complexity index is 685. The zero-order chi connectivity index (χ0) is 17.0. The highest BCUT2D eigenvalue weighted by Crippen LogP contribution is 2.36. The first kappa shape index (κ1) is 20.0. The van der Waals surface area contributed by atoms with Crippen LogP contribution in [0.3, 0.4) is 0 Å². The Hall–Kier alpha value is -1.33. The molecule has 1 aliphatic rings. The van der Waals surface area contributed by atoms with Gasteiger partial charge in [0.15, 0.2) is 0 Å². The molecule has 3 rings (SSSR count). The van der Waals surface area contributed by atoms with Gasteiger partial charge in [-0.25, -0.2) is 0 Å². The molecule has 0 spiro atoms. The number of benzene rings is 2.